The first-order valence-electron chi connectivity index (χ1n) is 7.21. The number of anilines is 1. The molecule has 1 heterocycles. The van der Waals surface area contributed by atoms with Crippen LogP contribution in [0.5, 0.6) is 0 Å². The number of amides is 1. The van der Waals surface area contributed by atoms with Crippen LogP contribution in [-0.4, -0.2) is 48.4 Å². The van der Waals surface area contributed by atoms with E-state index in [0.717, 1.165) is 32.1 Å². The van der Waals surface area contributed by atoms with Gasteiger partial charge in [-0.15, -0.1) is 0 Å². The van der Waals surface area contributed by atoms with Crippen LogP contribution >= 0.6 is 11.6 Å². The highest BCUT2D eigenvalue weighted by Crippen LogP contribution is 2.30. The van der Waals surface area contributed by atoms with Gasteiger partial charge >= 0.3 is 0 Å². The number of carbonyl (C=O) groups excluding carboxylic acids is 1. The number of nitrogens with two attached hydrogens (primary N) is 1. The van der Waals surface area contributed by atoms with E-state index < -0.39 is 0 Å². The zero-order valence-electron chi connectivity index (χ0n) is 11.5. The molecule has 0 atom stereocenters. The summed E-state index contributed by atoms with van der Waals surface area (Å²) in [6, 6.07) is 5.21. The topological polar surface area (TPSA) is 49.6 Å². The molecule has 1 saturated heterocycles. The van der Waals surface area contributed by atoms with Crippen molar-refractivity contribution in [1.29, 1.82) is 0 Å². The van der Waals surface area contributed by atoms with Crippen molar-refractivity contribution in [3.05, 3.63) is 28.8 Å². The average Bonchev–Trinajstić information content (AvgIpc) is 3.23. The van der Waals surface area contributed by atoms with Gasteiger partial charge < -0.3 is 10.6 Å². The van der Waals surface area contributed by atoms with Crippen molar-refractivity contribution < 1.29 is 4.79 Å². The number of nitrogen functional groups attached to an aromatic ring is 1. The van der Waals surface area contributed by atoms with Gasteiger partial charge in [0, 0.05) is 38.4 Å². The molecule has 2 N–H and O–H groups in total. The first-order chi connectivity index (χ1) is 9.65. The Morgan fingerprint density at radius 1 is 1.25 bits per heavy atom. The van der Waals surface area contributed by atoms with Gasteiger partial charge in [0.15, 0.2) is 0 Å². The minimum Gasteiger partial charge on any atom is -0.398 e. The molecule has 1 aromatic rings. The fraction of sp³-hybridized carbons (Fsp3) is 0.533. The third kappa shape index (κ3) is 2.91. The van der Waals surface area contributed by atoms with Crippen LogP contribution in [0.3, 0.4) is 0 Å². The van der Waals surface area contributed by atoms with E-state index in [4.69, 9.17) is 17.3 Å². The number of nitrogens with zero attached hydrogens (tertiary/aromatic N) is 2. The van der Waals surface area contributed by atoms with Crippen LogP contribution in [0.4, 0.5) is 5.69 Å². The van der Waals surface area contributed by atoms with Gasteiger partial charge in [0.1, 0.15) is 0 Å². The summed E-state index contributed by atoms with van der Waals surface area (Å²) in [5.41, 5.74) is 6.80. The quantitative estimate of drug-likeness (QED) is 0.868. The fourth-order valence-corrected chi connectivity index (χ4v) is 2.99. The Balaban J connectivity index is 1.63. The zero-order chi connectivity index (χ0) is 14.1. The highest BCUT2D eigenvalue weighted by molar-refractivity contribution is 6.34. The first-order valence-corrected chi connectivity index (χ1v) is 7.58. The summed E-state index contributed by atoms with van der Waals surface area (Å²) in [6.07, 6.45) is 2.74. The van der Waals surface area contributed by atoms with Crippen LogP contribution in [0.15, 0.2) is 18.2 Å². The molecule has 20 heavy (non-hydrogen) atoms. The molecule has 2 fully saturated rings. The molecule has 1 amide bonds. The third-order valence-corrected chi connectivity index (χ3v) is 4.45. The van der Waals surface area contributed by atoms with Crippen molar-refractivity contribution >= 4 is 23.2 Å². The number of piperazine rings is 1. The van der Waals surface area contributed by atoms with E-state index in [-0.39, 0.29) is 5.91 Å². The molecule has 5 heteroatoms. The Labute approximate surface area is 124 Å². The Morgan fingerprint density at radius 2 is 1.95 bits per heavy atom. The van der Waals surface area contributed by atoms with Gasteiger partial charge in [-0.25, -0.2) is 0 Å². The molecule has 4 nitrogen and oxygen atoms in total. The Hall–Kier alpha value is -1.26. The highest BCUT2D eigenvalue weighted by Gasteiger charge is 2.28. The maximum absolute atomic E-state index is 12.5. The monoisotopic (exact) mass is 293 g/mol. The van der Waals surface area contributed by atoms with Crippen molar-refractivity contribution in [3.8, 4) is 0 Å². The van der Waals surface area contributed by atoms with Gasteiger partial charge in [-0.05, 0) is 30.9 Å². The number of benzene rings is 1. The molecule has 2 aliphatic rings. The normalized spacial score (nSPS) is 20.1. The molecule has 0 bridgehead atoms. The minimum absolute atomic E-state index is 0.0424. The van der Waals surface area contributed by atoms with Crippen molar-refractivity contribution in [2.75, 3.05) is 38.5 Å². The van der Waals surface area contributed by atoms with Crippen LogP contribution in [0, 0.1) is 5.92 Å². The largest absolute Gasteiger partial charge is 0.398 e. The number of halogens is 1. The number of rotatable bonds is 3. The fourth-order valence-electron chi connectivity index (χ4n) is 2.72. The summed E-state index contributed by atoms with van der Waals surface area (Å²) in [4.78, 5) is 16.8. The molecule has 3 rings (SSSR count). The van der Waals surface area contributed by atoms with Crippen LogP contribution in [0.25, 0.3) is 0 Å². The van der Waals surface area contributed by atoms with E-state index in [1.54, 1.807) is 18.2 Å². The lowest BCUT2D eigenvalue weighted by molar-refractivity contribution is 0.0633. The van der Waals surface area contributed by atoms with Gasteiger partial charge in [-0.1, -0.05) is 17.7 Å². The predicted octanol–water partition coefficient (Wildman–Crippen LogP) is 2.09. The second-order valence-electron chi connectivity index (χ2n) is 5.74. The molecule has 0 spiro atoms. The predicted molar refractivity (Wildman–Crippen MR) is 80.9 cm³/mol. The molecule has 1 aliphatic carbocycles. The van der Waals surface area contributed by atoms with E-state index in [2.05, 4.69) is 4.90 Å². The Morgan fingerprint density at radius 3 is 2.55 bits per heavy atom. The third-order valence-electron chi connectivity index (χ3n) is 4.13. The molecular formula is C15H20ClN3O. The van der Waals surface area contributed by atoms with Gasteiger partial charge in [-0.2, -0.15) is 0 Å². The number of carbonyl (C=O) groups is 1. The average molecular weight is 294 g/mol. The molecule has 0 unspecified atom stereocenters. The van der Waals surface area contributed by atoms with E-state index in [9.17, 15) is 4.79 Å². The summed E-state index contributed by atoms with van der Waals surface area (Å²) in [5, 5.41) is 0.440. The zero-order valence-corrected chi connectivity index (χ0v) is 12.3. The van der Waals surface area contributed by atoms with Gasteiger partial charge in [0.05, 0.1) is 10.6 Å². The van der Waals surface area contributed by atoms with E-state index >= 15 is 0 Å². The molecule has 0 aromatic heterocycles. The Kier molecular flexibility index (Phi) is 3.85. The molecule has 1 saturated carbocycles. The molecule has 1 aromatic carbocycles. The van der Waals surface area contributed by atoms with Crippen LogP contribution in [0.1, 0.15) is 23.2 Å². The number of hydrogen-bond donors (Lipinski definition) is 1. The lowest BCUT2D eigenvalue weighted by atomic mass is 10.1. The SMILES string of the molecule is Nc1cccc(Cl)c1C(=O)N1CCN(CC2CC2)CC1. The Bertz CT molecular complexity index is 488. The molecule has 1 aliphatic heterocycles. The lowest BCUT2D eigenvalue weighted by Crippen LogP contribution is -2.49. The van der Waals surface area contributed by atoms with E-state index in [1.807, 2.05) is 4.90 Å². The van der Waals surface area contributed by atoms with Crippen molar-refractivity contribution in [2.45, 2.75) is 12.8 Å². The van der Waals surface area contributed by atoms with E-state index in [1.165, 1.54) is 19.4 Å². The van der Waals surface area contributed by atoms with Crippen LogP contribution < -0.4 is 5.73 Å². The van der Waals surface area contributed by atoms with Crippen molar-refractivity contribution in [1.82, 2.24) is 9.80 Å². The van der Waals surface area contributed by atoms with Gasteiger partial charge in [0.2, 0.25) is 0 Å². The number of hydrogen-bond acceptors (Lipinski definition) is 3. The van der Waals surface area contributed by atoms with Crippen molar-refractivity contribution in [3.63, 3.8) is 0 Å². The van der Waals surface area contributed by atoms with E-state index in [0.29, 0.717) is 16.3 Å². The second-order valence-corrected chi connectivity index (χ2v) is 6.15. The summed E-state index contributed by atoms with van der Waals surface area (Å²) in [6.45, 7) is 4.61. The van der Waals surface area contributed by atoms with Gasteiger partial charge in [0.25, 0.3) is 5.91 Å². The standard InChI is InChI=1S/C15H20ClN3O/c16-12-2-1-3-13(17)14(12)15(20)19-8-6-18(7-9-19)10-11-4-5-11/h1-3,11H,4-10,17H2. The second kappa shape index (κ2) is 5.62. The summed E-state index contributed by atoms with van der Waals surface area (Å²) in [7, 11) is 0. The molecular weight excluding hydrogens is 274 g/mol. The maximum atomic E-state index is 12.5. The van der Waals surface area contributed by atoms with Crippen LogP contribution in [-0.2, 0) is 0 Å². The smallest absolute Gasteiger partial charge is 0.257 e. The minimum atomic E-state index is -0.0424. The molecule has 0 radical (unpaired) electrons. The lowest BCUT2D eigenvalue weighted by Gasteiger charge is -2.35. The summed E-state index contributed by atoms with van der Waals surface area (Å²) < 4.78 is 0. The summed E-state index contributed by atoms with van der Waals surface area (Å²) in [5.74, 6) is 0.857. The highest BCUT2D eigenvalue weighted by atomic mass is 35.5. The van der Waals surface area contributed by atoms with Crippen molar-refractivity contribution in [2.24, 2.45) is 5.92 Å². The van der Waals surface area contributed by atoms with Gasteiger partial charge in [-0.3, -0.25) is 9.69 Å². The molecule has 108 valence electrons. The maximum Gasteiger partial charge on any atom is 0.257 e. The first kappa shape index (κ1) is 13.7. The summed E-state index contributed by atoms with van der Waals surface area (Å²) >= 11 is 6.11. The van der Waals surface area contributed by atoms with Crippen LogP contribution in [0.2, 0.25) is 5.02 Å².